The Bertz CT molecular complexity index is 1980. The van der Waals surface area contributed by atoms with Gasteiger partial charge in [0, 0.05) is 81.6 Å². The van der Waals surface area contributed by atoms with E-state index in [-0.39, 0.29) is 53.4 Å². The molecular formula is C40H46F2N8O4. The van der Waals surface area contributed by atoms with E-state index in [1.54, 1.807) is 23.0 Å². The van der Waals surface area contributed by atoms with Gasteiger partial charge in [-0.15, -0.1) is 0 Å². The molecule has 0 radical (unpaired) electrons. The highest BCUT2D eigenvalue weighted by Crippen LogP contribution is 2.44. The summed E-state index contributed by atoms with van der Waals surface area (Å²) in [5.74, 6) is 4.32. The zero-order valence-corrected chi connectivity index (χ0v) is 30.8. The van der Waals surface area contributed by atoms with Crippen LogP contribution in [0.5, 0.6) is 0 Å². The monoisotopic (exact) mass is 740 g/mol. The van der Waals surface area contributed by atoms with Crippen molar-refractivity contribution in [3.63, 3.8) is 0 Å². The predicted molar refractivity (Wildman–Crippen MR) is 202 cm³/mol. The molecule has 284 valence electrons. The summed E-state index contributed by atoms with van der Waals surface area (Å²) < 4.78 is 28.5. The van der Waals surface area contributed by atoms with E-state index in [0.29, 0.717) is 67.8 Å². The van der Waals surface area contributed by atoms with Crippen LogP contribution in [0, 0.1) is 29.1 Å². The molecule has 4 heterocycles. The quantitative estimate of drug-likeness (QED) is 0.152. The van der Waals surface area contributed by atoms with Crippen molar-refractivity contribution in [1.82, 2.24) is 15.3 Å². The first-order chi connectivity index (χ1) is 25.8. The Hall–Kier alpha value is -5.26. The molecule has 2 aromatic carbocycles. The van der Waals surface area contributed by atoms with Crippen LogP contribution < -0.4 is 20.9 Å². The third kappa shape index (κ3) is 7.43. The van der Waals surface area contributed by atoms with Crippen LogP contribution in [0.25, 0.3) is 0 Å². The number of nitrogens with one attached hydrogen (secondary N) is 2. The summed E-state index contributed by atoms with van der Waals surface area (Å²) in [6.07, 6.45) is 0.767. The molecule has 4 aliphatic rings. The van der Waals surface area contributed by atoms with Gasteiger partial charge >= 0.3 is 0 Å². The number of amides is 4. The maximum atomic E-state index is 14.2. The number of aliphatic imine (C=N–C) groups is 1. The van der Waals surface area contributed by atoms with Crippen molar-refractivity contribution in [2.24, 2.45) is 22.6 Å². The average molecular weight is 741 g/mol. The van der Waals surface area contributed by atoms with Crippen molar-refractivity contribution < 1.29 is 28.0 Å². The largest absolute Gasteiger partial charge is 0.352 e. The van der Waals surface area contributed by atoms with Gasteiger partial charge in [-0.2, -0.15) is 0 Å². The maximum Gasteiger partial charge on any atom is 0.264 e. The van der Waals surface area contributed by atoms with Gasteiger partial charge in [0.2, 0.25) is 23.6 Å². The van der Waals surface area contributed by atoms with Gasteiger partial charge in [-0.25, -0.2) is 13.8 Å². The SMILES string of the molecule is C=C(CN(C(C)=O)N1CCC(C#Cc2cccc3c2N(C)C(=O)C3C2CCC(=O)NC2=O)CC1)C(N)N1CCCc2cc(/C(C=N)=N\C)c(C(F)F)cc21. The van der Waals surface area contributed by atoms with Crippen molar-refractivity contribution in [2.45, 2.75) is 64.0 Å². The number of alkyl halides is 2. The third-order valence-corrected chi connectivity index (χ3v) is 11.0. The van der Waals surface area contributed by atoms with Crippen molar-refractivity contribution >= 4 is 46.9 Å². The maximum absolute atomic E-state index is 14.2. The van der Waals surface area contributed by atoms with E-state index in [0.717, 1.165) is 23.8 Å². The highest BCUT2D eigenvalue weighted by Gasteiger charge is 2.45. The lowest BCUT2D eigenvalue weighted by molar-refractivity contribution is -0.148. The van der Waals surface area contributed by atoms with E-state index in [4.69, 9.17) is 11.1 Å². The molecule has 14 heteroatoms. The molecule has 3 unspecified atom stereocenters. The van der Waals surface area contributed by atoms with E-state index in [1.165, 1.54) is 20.0 Å². The Balaban J connectivity index is 1.12. The summed E-state index contributed by atoms with van der Waals surface area (Å²) in [4.78, 5) is 58.2. The molecule has 54 heavy (non-hydrogen) atoms. The number of hydrogen-bond acceptors (Lipinski definition) is 9. The van der Waals surface area contributed by atoms with E-state index >= 15 is 0 Å². The van der Waals surface area contributed by atoms with Crippen LogP contribution >= 0.6 is 0 Å². The Kier molecular flexibility index (Phi) is 11.4. The molecule has 12 nitrogen and oxygen atoms in total. The number of nitrogens with zero attached hydrogens (tertiary/aromatic N) is 5. The fourth-order valence-corrected chi connectivity index (χ4v) is 8.14. The summed E-state index contributed by atoms with van der Waals surface area (Å²) in [5.41, 5.74) is 11.1. The van der Waals surface area contributed by atoms with Gasteiger partial charge in [-0.3, -0.25) is 34.5 Å². The summed E-state index contributed by atoms with van der Waals surface area (Å²) in [7, 11) is 3.16. The lowest BCUT2D eigenvalue weighted by Gasteiger charge is -2.41. The molecule has 2 fully saturated rings. The van der Waals surface area contributed by atoms with Gasteiger partial charge in [0.05, 0.1) is 29.8 Å². The number of carbonyl (C=O) groups is 4. The number of aryl methyl sites for hydroxylation is 1. The number of imide groups is 1. The summed E-state index contributed by atoms with van der Waals surface area (Å²) >= 11 is 0. The lowest BCUT2D eigenvalue weighted by atomic mass is 9.81. The molecule has 6 rings (SSSR count). The minimum absolute atomic E-state index is 0.0365. The molecule has 3 atom stereocenters. The zero-order valence-electron chi connectivity index (χ0n) is 30.8. The topological polar surface area (TPSA) is 156 Å². The van der Waals surface area contributed by atoms with Gasteiger partial charge in [0.15, 0.2) is 0 Å². The van der Waals surface area contributed by atoms with Gasteiger partial charge < -0.3 is 20.9 Å². The fraction of sp³-hybridized carbons (Fsp3) is 0.450. The van der Waals surface area contributed by atoms with Crippen LogP contribution in [0.4, 0.5) is 20.2 Å². The Morgan fingerprint density at radius 1 is 1.17 bits per heavy atom. The number of hydrazine groups is 1. The normalized spacial score (nSPS) is 21.2. The van der Waals surface area contributed by atoms with Crippen molar-refractivity contribution in [2.75, 3.05) is 50.1 Å². The number of anilines is 2. The molecule has 0 bridgehead atoms. The van der Waals surface area contributed by atoms with Gasteiger partial charge in [0.25, 0.3) is 6.43 Å². The first-order valence-electron chi connectivity index (χ1n) is 18.3. The highest BCUT2D eigenvalue weighted by molar-refractivity contribution is 6.37. The number of benzene rings is 2. The second-order valence-corrected chi connectivity index (χ2v) is 14.3. The fourth-order valence-electron chi connectivity index (χ4n) is 8.14. The van der Waals surface area contributed by atoms with Gasteiger partial charge in [-0.05, 0) is 67.0 Å². The molecule has 0 aliphatic carbocycles. The molecule has 4 aliphatic heterocycles. The first-order valence-corrected chi connectivity index (χ1v) is 18.3. The number of rotatable bonds is 9. The van der Waals surface area contributed by atoms with Crippen molar-refractivity contribution in [3.8, 4) is 11.8 Å². The Morgan fingerprint density at radius 2 is 1.91 bits per heavy atom. The number of nitrogens with two attached hydrogens (primary N) is 1. The Labute approximate surface area is 313 Å². The van der Waals surface area contributed by atoms with Gasteiger partial charge in [0.1, 0.15) is 6.17 Å². The van der Waals surface area contributed by atoms with Crippen LogP contribution in [0.15, 0.2) is 47.5 Å². The number of para-hydroxylation sites is 1. The number of carbonyl (C=O) groups excluding carboxylic acids is 4. The standard InChI is InChI=1S/C40H46F2N8O4/c1-23(38(44)49-16-6-8-27-19-30(32(21-43)45-3)31(37(41)42)20-33(27)49)22-50(24(2)51)48-17-14-25(15-18-48)10-11-26-7-5-9-28-35(40(54)47(4)36(26)28)29-12-13-34(52)46-39(29)53/h5,7,9,19-21,25,29,35,37-38,43H,1,6,8,12-18,22,44H2,2-4H3,(H,46,52,53)/b43-21?,45-32-. The van der Waals surface area contributed by atoms with Crippen molar-refractivity contribution in [3.05, 3.63) is 70.3 Å². The Morgan fingerprint density at radius 3 is 2.56 bits per heavy atom. The highest BCUT2D eigenvalue weighted by atomic mass is 19.3. The minimum atomic E-state index is -2.78. The summed E-state index contributed by atoms with van der Waals surface area (Å²) in [5, 5.41) is 13.6. The summed E-state index contributed by atoms with van der Waals surface area (Å²) in [6, 6.07) is 8.68. The van der Waals surface area contributed by atoms with Crippen LogP contribution in [-0.4, -0.2) is 92.0 Å². The lowest BCUT2D eigenvalue weighted by Crippen LogP contribution is -2.53. The van der Waals surface area contributed by atoms with Crippen LogP contribution in [0.1, 0.15) is 79.2 Å². The van der Waals surface area contributed by atoms with Crippen molar-refractivity contribution in [1.29, 1.82) is 5.41 Å². The van der Waals surface area contributed by atoms with Gasteiger partial charge in [-0.1, -0.05) is 30.6 Å². The molecule has 2 saturated heterocycles. The van der Waals surface area contributed by atoms with E-state index in [1.807, 2.05) is 28.1 Å². The molecule has 4 amide bonds. The number of hydrogen-bond donors (Lipinski definition) is 3. The molecule has 2 aromatic rings. The first kappa shape index (κ1) is 38.5. The molecule has 0 saturated carbocycles. The van der Waals surface area contributed by atoms with Crippen LogP contribution in [0.3, 0.4) is 0 Å². The third-order valence-electron chi connectivity index (χ3n) is 11.0. The van der Waals surface area contributed by atoms with E-state index in [2.05, 4.69) is 28.7 Å². The second-order valence-electron chi connectivity index (χ2n) is 14.3. The van der Waals surface area contributed by atoms with E-state index in [9.17, 15) is 28.0 Å². The number of halogens is 2. The number of fused-ring (bicyclic) bond motifs is 2. The van der Waals surface area contributed by atoms with E-state index < -0.39 is 30.3 Å². The summed E-state index contributed by atoms with van der Waals surface area (Å²) in [6.45, 7) is 7.54. The van der Waals surface area contributed by atoms with Crippen LogP contribution in [0.2, 0.25) is 0 Å². The minimum Gasteiger partial charge on any atom is -0.352 e. The number of piperidine rings is 2. The molecule has 0 spiro atoms. The average Bonchev–Trinajstić information content (AvgIpc) is 3.41. The smallest absolute Gasteiger partial charge is 0.264 e. The predicted octanol–water partition coefficient (Wildman–Crippen LogP) is 3.93. The zero-order chi connectivity index (χ0) is 38.8. The second kappa shape index (κ2) is 16.0. The van der Waals surface area contributed by atoms with Crippen LogP contribution in [-0.2, 0) is 25.6 Å². The molecular weight excluding hydrogens is 694 g/mol. The molecule has 0 aromatic heterocycles. The number of likely N-dealkylation sites (N-methyl/N-ethyl adjacent to an activating group) is 1. The molecule has 4 N–H and O–H groups in total.